The van der Waals surface area contributed by atoms with Crippen molar-refractivity contribution in [3.8, 4) is 0 Å². The minimum Gasteiger partial charge on any atom is -0.0820 e. The fourth-order valence-electron chi connectivity index (χ4n) is 0.803. The second-order valence-corrected chi connectivity index (χ2v) is 23.9. The highest BCUT2D eigenvalue weighted by molar-refractivity contribution is 9.26. The summed E-state index contributed by atoms with van der Waals surface area (Å²) in [6.07, 6.45) is 0. The van der Waals surface area contributed by atoms with Gasteiger partial charge < -0.3 is 0 Å². The first-order chi connectivity index (χ1) is 7.21. The highest BCUT2D eigenvalue weighted by atomic mass is 33.7. The molecule has 0 fully saturated rings. The van der Waals surface area contributed by atoms with Gasteiger partial charge in [0.25, 0.3) is 0 Å². The van der Waals surface area contributed by atoms with E-state index >= 15 is 0 Å². The van der Waals surface area contributed by atoms with Crippen LogP contribution >= 0.6 is 41.2 Å². The summed E-state index contributed by atoms with van der Waals surface area (Å²) in [4.78, 5) is 0. The molecule has 16 heavy (non-hydrogen) atoms. The maximum Gasteiger partial charge on any atom is 0.0451 e. The smallest absolute Gasteiger partial charge is 0.0451 e. The molecule has 0 aromatic heterocycles. The second-order valence-electron chi connectivity index (χ2n) is 6.40. The summed E-state index contributed by atoms with van der Waals surface area (Å²) in [6.45, 7) is 14.7. The standard InChI is InChI=1S/C10H26S4Si2/c1-15(2,3)9-7-11-13-14-12-8-10-16(4,5)6/h7-10H2,1-6H3. The van der Waals surface area contributed by atoms with Crippen molar-refractivity contribution >= 4 is 57.4 Å². The zero-order valence-electron chi connectivity index (χ0n) is 11.5. The Hall–Kier alpha value is 1.83. The van der Waals surface area contributed by atoms with Gasteiger partial charge in [-0.05, 0) is 31.7 Å². The van der Waals surface area contributed by atoms with Crippen LogP contribution in [0.25, 0.3) is 0 Å². The molecule has 0 saturated carbocycles. The first-order valence-corrected chi connectivity index (χ1v) is 18.4. The molecule has 0 radical (unpaired) electrons. The van der Waals surface area contributed by atoms with Crippen molar-refractivity contribution < 1.29 is 0 Å². The van der Waals surface area contributed by atoms with E-state index in [-0.39, 0.29) is 0 Å². The van der Waals surface area contributed by atoms with Crippen LogP contribution in [0.4, 0.5) is 0 Å². The summed E-state index contributed by atoms with van der Waals surface area (Å²) in [5.74, 6) is 2.67. The first-order valence-electron chi connectivity index (χ1n) is 5.78. The van der Waals surface area contributed by atoms with Gasteiger partial charge in [0.05, 0.1) is 0 Å². The van der Waals surface area contributed by atoms with Gasteiger partial charge in [0, 0.05) is 27.7 Å². The Labute approximate surface area is 119 Å². The Morgan fingerprint density at radius 1 is 0.625 bits per heavy atom. The van der Waals surface area contributed by atoms with Crippen molar-refractivity contribution in [3.63, 3.8) is 0 Å². The molecule has 0 amide bonds. The van der Waals surface area contributed by atoms with Crippen molar-refractivity contribution in [2.45, 2.75) is 51.4 Å². The van der Waals surface area contributed by atoms with E-state index in [1.165, 1.54) is 23.6 Å². The Kier molecular flexibility index (Phi) is 9.87. The van der Waals surface area contributed by atoms with Crippen LogP contribution in [-0.4, -0.2) is 27.7 Å². The zero-order valence-corrected chi connectivity index (χ0v) is 16.7. The van der Waals surface area contributed by atoms with E-state index in [1.54, 1.807) is 0 Å². The molecule has 0 N–H and O–H groups in total. The Morgan fingerprint density at radius 3 is 1.19 bits per heavy atom. The van der Waals surface area contributed by atoms with E-state index < -0.39 is 16.1 Å². The van der Waals surface area contributed by atoms with Crippen molar-refractivity contribution in [2.75, 3.05) is 11.5 Å². The summed E-state index contributed by atoms with van der Waals surface area (Å²) in [7, 11) is 6.44. The Bertz CT molecular complexity index is 155. The van der Waals surface area contributed by atoms with Gasteiger partial charge in [-0.15, -0.1) is 0 Å². The lowest BCUT2D eigenvalue weighted by atomic mass is 11.0. The molecule has 0 nitrogen and oxygen atoms in total. The second kappa shape index (κ2) is 8.85. The predicted molar refractivity (Wildman–Crippen MR) is 96.4 cm³/mol. The molecule has 0 aliphatic rings. The Morgan fingerprint density at radius 2 is 0.938 bits per heavy atom. The van der Waals surface area contributed by atoms with E-state index in [2.05, 4.69) is 39.3 Å². The molecule has 0 rings (SSSR count). The largest absolute Gasteiger partial charge is 0.0820 e. The van der Waals surface area contributed by atoms with Crippen molar-refractivity contribution in [1.29, 1.82) is 0 Å². The SMILES string of the molecule is C[Si](C)(C)CCSSSSCC[Si](C)(C)C. The van der Waals surface area contributed by atoms with E-state index in [0.717, 1.165) is 0 Å². The minimum atomic E-state index is -0.802. The highest BCUT2D eigenvalue weighted by Gasteiger charge is 2.13. The van der Waals surface area contributed by atoms with E-state index in [9.17, 15) is 0 Å². The van der Waals surface area contributed by atoms with Crippen LogP contribution in [0.3, 0.4) is 0 Å². The van der Waals surface area contributed by atoms with Crippen LogP contribution in [0.5, 0.6) is 0 Å². The molecule has 0 unspecified atom stereocenters. The lowest BCUT2D eigenvalue weighted by molar-refractivity contribution is 1.38. The van der Waals surface area contributed by atoms with Gasteiger partial charge in [-0.25, -0.2) is 0 Å². The predicted octanol–water partition coefficient (Wildman–Crippen LogP) is 6.34. The molecule has 0 aromatic carbocycles. The molecule has 0 atom stereocenters. The minimum absolute atomic E-state index is 0.802. The van der Waals surface area contributed by atoms with Gasteiger partial charge in [-0.3, -0.25) is 0 Å². The van der Waals surface area contributed by atoms with Gasteiger partial charge in [0.2, 0.25) is 0 Å². The summed E-state index contributed by atoms with van der Waals surface area (Å²) in [5.41, 5.74) is 0. The van der Waals surface area contributed by atoms with Gasteiger partial charge in [0.15, 0.2) is 0 Å². The van der Waals surface area contributed by atoms with Crippen molar-refractivity contribution in [2.24, 2.45) is 0 Å². The van der Waals surface area contributed by atoms with Gasteiger partial charge in [-0.2, -0.15) is 0 Å². The van der Waals surface area contributed by atoms with Crippen LogP contribution < -0.4 is 0 Å². The first kappa shape index (κ1) is 17.8. The summed E-state index contributed by atoms with van der Waals surface area (Å²) in [6, 6.07) is 2.90. The molecular formula is C10H26S4Si2. The third-order valence-corrected chi connectivity index (χ3v) is 12.7. The maximum absolute atomic E-state index is 2.45. The van der Waals surface area contributed by atoms with Crippen molar-refractivity contribution in [1.82, 2.24) is 0 Å². The lowest BCUT2D eigenvalue weighted by Crippen LogP contribution is -2.19. The third-order valence-electron chi connectivity index (χ3n) is 1.99. The molecule has 98 valence electrons. The average molecular weight is 331 g/mol. The molecule has 0 aromatic rings. The number of hydrogen-bond donors (Lipinski definition) is 0. The zero-order chi connectivity index (χ0) is 12.7. The summed E-state index contributed by atoms with van der Waals surface area (Å²) < 4.78 is 0. The summed E-state index contributed by atoms with van der Waals surface area (Å²) in [5, 5.41) is 0. The van der Waals surface area contributed by atoms with Crippen LogP contribution in [0.2, 0.25) is 51.4 Å². The van der Waals surface area contributed by atoms with Crippen LogP contribution in [0.1, 0.15) is 0 Å². The fraction of sp³-hybridized carbons (Fsp3) is 1.00. The average Bonchev–Trinajstić information content (AvgIpc) is 2.06. The number of rotatable bonds is 9. The van der Waals surface area contributed by atoms with Crippen LogP contribution in [-0.2, 0) is 0 Å². The Balaban J connectivity index is 3.17. The van der Waals surface area contributed by atoms with E-state index in [1.807, 2.05) is 41.2 Å². The molecule has 0 aliphatic carbocycles. The molecule has 0 heterocycles. The van der Waals surface area contributed by atoms with E-state index in [0.29, 0.717) is 0 Å². The number of hydrogen-bond acceptors (Lipinski definition) is 4. The van der Waals surface area contributed by atoms with Crippen molar-refractivity contribution in [3.05, 3.63) is 0 Å². The summed E-state index contributed by atoms with van der Waals surface area (Å²) >= 11 is 0. The fourth-order valence-corrected chi connectivity index (χ4v) is 12.8. The molecule has 0 bridgehead atoms. The quantitative estimate of drug-likeness (QED) is 0.274. The van der Waals surface area contributed by atoms with Gasteiger partial charge >= 0.3 is 0 Å². The normalized spacial score (nSPS) is 13.1. The molecule has 0 aliphatic heterocycles. The van der Waals surface area contributed by atoms with Crippen LogP contribution in [0, 0.1) is 0 Å². The van der Waals surface area contributed by atoms with Crippen LogP contribution in [0.15, 0.2) is 0 Å². The van der Waals surface area contributed by atoms with E-state index in [4.69, 9.17) is 0 Å². The highest BCUT2D eigenvalue weighted by Crippen LogP contribution is 2.44. The molecule has 0 saturated heterocycles. The maximum atomic E-state index is 2.45. The van der Waals surface area contributed by atoms with Gasteiger partial charge in [-0.1, -0.05) is 60.9 Å². The topological polar surface area (TPSA) is 0 Å². The third kappa shape index (κ3) is 15.8. The monoisotopic (exact) mass is 330 g/mol. The molecular weight excluding hydrogens is 305 g/mol. The lowest BCUT2D eigenvalue weighted by Gasteiger charge is -2.15. The molecule has 6 heteroatoms. The van der Waals surface area contributed by atoms with Gasteiger partial charge in [0.1, 0.15) is 0 Å². The molecule has 0 spiro atoms.